The van der Waals surface area contributed by atoms with E-state index in [1.807, 2.05) is 13.1 Å². The van der Waals surface area contributed by atoms with E-state index in [0.29, 0.717) is 6.79 Å². The lowest BCUT2D eigenvalue weighted by Gasteiger charge is -2.20. The number of fused-ring (bicyclic) bond motifs is 1. The van der Waals surface area contributed by atoms with E-state index in [1.54, 1.807) is 0 Å². The molecule has 1 fully saturated rings. The third-order valence-corrected chi connectivity index (χ3v) is 4.79. The Morgan fingerprint density at radius 3 is 2.54 bits per heavy atom. The van der Waals surface area contributed by atoms with Crippen LogP contribution in [0.1, 0.15) is 31.2 Å². The van der Waals surface area contributed by atoms with Gasteiger partial charge in [0, 0.05) is 26.7 Å². The Labute approximate surface area is 173 Å². The highest BCUT2D eigenvalue weighted by molar-refractivity contribution is 14.0. The molecule has 1 saturated heterocycles. The molecule has 0 aromatic heterocycles. The summed E-state index contributed by atoms with van der Waals surface area (Å²) in [4.78, 5) is 6.86. The average Bonchev–Trinajstić information content (AvgIpc) is 2.95. The van der Waals surface area contributed by atoms with Gasteiger partial charge in [0.25, 0.3) is 0 Å². The first-order valence-corrected chi connectivity index (χ1v) is 9.40. The van der Waals surface area contributed by atoms with Crippen LogP contribution in [0.5, 0.6) is 11.5 Å². The van der Waals surface area contributed by atoms with E-state index in [2.05, 4.69) is 32.7 Å². The van der Waals surface area contributed by atoms with Crippen LogP contribution in [0.3, 0.4) is 0 Å². The van der Waals surface area contributed by atoms with E-state index < -0.39 is 0 Å². The molecule has 2 aliphatic rings. The number of nitrogens with zero attached hydrogens (tertiary/aromatic N) is 2. The van der Waals surface area contributed by atoms with Gasteiger partial charge in [-0.1, -0.05) is 18.9 Å². The number of hydrogen-bond acceptors (Lipinski definition) is 4. The maximum atomic E-state index is 5.42. The van der Waals surface area contributed by atoms with Crippen molar-refractivity contribution in [3.8, 4) is 11.5 Å². The van der Waals surface area contributed by atoms with E-state index in [-0.39, 0.29) is 24.0 Å². The van der Waals surface area contributed by atoms with Gasteiger partial charge in [-0.2, -0.15) is 0 Å². The zero-order valence-electron chi connectivity index (χ0n) is 15.6. The summed E-state index contributed by atoms with van der Waals surface area (Å²) in [6, 6.07) is 6.12. The van der Waals surface area contributed by atoms with Crippen LogP contribution in [0.4, 0.5) is 0 Å². The van der Waals surface area contributed by atoms with Crippen molar-refractivity contribution in [2.45, 2.75) is 32.1 Å². The SMILES string of the molecule is CN=C(NCCc1ccc2c(c1)OCO2)NCCN1CCCCCC1.I. The van der Waals surface area contributed by atoms with Crippen molar-refractivity contribution in [1.29, 1.82) is 0 Å². The van der Waals surface area contributed by atoms with Crippen molar-refractivity contribution >= 4 is 29.9 Å². The number of aliphatic imine (C=N–C) groups is 1. The molecule has 0 radical (unpaired) electrons. The Bertz CT molecular complexity index is 575. The van der Waals surface area contributed by atoms with Crippen LogP contribution in [0.15, 0.2) is 23.2 Å². The molecule has 2 aliphatic heterocycles. The van der Waals surface area contributed by atoms with Gasteiger partial charge in [-0.25, -0.2) is 0 Å². The van der Waals surface area contributed by atoms with E-state index in [1.165, 1.54) is 44.3 Å². The van der Waals surface area contributed by atoms with Gasteiger partial charge in [0.15, 0.2) is 17.5 Å². The number of benzene rings is 1. The predicted molar refractivity (Wildman–Crippen MR) is 116 cm³/mol. The minimum atomic E-state index is 0. The topological polar surface area (TPSA) is 58.1 Å². The lowest BCUT2D eigenvalue weighted by Crippen LogP contribution is -2.42. The average molecular weight is 474 g/mol. The van der Waals surface area contributed by atoms with E-state index in [0.717, 1.165) is 43.5 Å². The van der Waals surface area contributed by atoms with Gasteiger partial charge in [0.1, 0.15) is 0 Å². The normalized spacial score (nSPS) is 17.3. The third-order valence-electron chi connectivity index (χ3n) is 4.79. The van der Waals surface area contributed by atoms with Gasteiger partial charge in [-0.05, 0) is 50.0 Å². The predicted octanol–water partition coefficient (Wildman–Crippen LogP) is 2.62. The number of ether oxygens (including phenoxy) is 2. The maximum absolute atomic E-state index is 5.42. The molecule has 0 amide bonds. The first-order chi connectivity index (χ1) is 12.3. The fourth-order valence-electron chi connectivity index (χ4n) is 3.33. The summed E-state index contributed by atoms with van der Waals surface area (Å²) in [6.45, 7) is 5.65. The zero-order chi connectivity index (χ0) is 17.3. The summed E-state index contributed by atoms with van der Waals surface area (Å²) in [5, 5.41) is 6.80. The van der Waals surface area contributed by atoms with Crippen molar-refractivity contribution < 1.29 is 9.47 Å². The van der Waals surface area contributed by atoms with E-state index in [4.69, 9.17) is 9.47 Å². The first kappa shape index (κ1) is 21.1. The molecule has 0 unspecified atom stereocenters. The molecule has 7 heteroatoms. The second-order valence-electron chi connectivity index (χ2n) is 6.62. The van der Waals surface area contributed by atoms with Crippen LogP contribution < -0.4 is 20.1 Å². The molecular formula is C19H31IN4O2. The van der Waals surface area contributed by atoms with Gasteiger partial charge >= 0.3 is 0 Å². The van der Waals surface area contributed by atoms with Crippen molar-refractivity contribution in [2.75, 3.05) is 46.6 Å². The highest BCUT2D eigenvalue weighted by Gasteiger charge is 2.13. The van der Waals surface area contributed by atoms with Crippen molar-refractivity contribution in [1.82, 2.24) is 15.5 Å². The summed E-state index contributed by atoms with van der Waals surface area (Å²) in [5.74, 6) is 2.55. The highest BCUT2D eigenvalue weighted by Crippen LogP contribution is 2.32. The lowest BCUT2D eigenvalue weighted by molar-refractivity contribution is 0.174. The molecule has 0 bridgehead atoms. The number of guanidine groups is 1. The van der Waals surface area contributed by atoms with Crippen molar-refractivity contribution in [3.63, 3.8) is 0 Å². The summed E-state index contributed by atoms with van der Waals surface area (Å²) >= 11 is 0. The third kappa shape index (κ3) is 6.50. The standard InChI is InChI=1S/C19H30N4O2.HI/c1-20-19(22-10-13-23-11-4-2-3-5-12-23)21-9-8-16-6-7-17-18(14-16)25-15-24-17;/h6-7,14H,2-5,8-13,15H2,1H3,(H2,20,21,22);1H. The summed E-state index contributed by atoms with van der Waals surface area (Å²) in [5.41, 5.74) is 1.23. The molecule has 0 atom stereocenters. The summed E-state index contributed by atoms with van der Waals surface area (Å²) < 4.78 is 10.8. The molecular weight excluding hydrogens is 443 g/mol. The van der Waals surface area contributed by atoms with Crippen LogP contribution in [-0.4, -0.2) is 57.4 Å². The minimum absolute atomic E-state index is 0. The molecule has 1 aromatic carbocycles. The van der Waals surface area contributed by atoms with Crippen LogP contribution >= 0.6 is 24.0 Å². The number of likely N-dealkylation sites (tertiary alicyclic amines) is 1. The maximum Gasteiger partial charge on any atom is 0.231 e. The van der Waals surface area contributed by atoms with Crippen LogP contribution in [0, 0.1) is 0 Å². The molecule has 2 N–H and O–H groups in total. The van der Waals surface area contributed by atoms with Crippen molar-refractivity contribution in [3.05, 3.63) is 23.8 Å². The Kier molecular flexibility index (Phi) is 9.31. The van der Waals surface area contributed by atoms with Crippen molar-refractivity contribution in [2.24, 2.45) is 4.99 Å². The fourth-order valence-corrected chi connectivity index (χ4v) is 3.33. The molecule has 26 heavy (non-hydrogen) atoms. The van der Waals surface area contributed by atoms with Gasteiger partial charge in [0.05, 0.1) is 0 Å². The van der Waals surface area contributed by atoms with Gasteiger partial charge in [-0.3, -0.25) is 4.99 Å². The zero-order valence-corrected chi connectivity index (χ0v) is 18.0. The quantitative estimate of drug-likeness (QED) is 0.377. The largest absolute Gasteiger partial charge is 0.454 e. The molecule has 1 aromatic rings. The Morgan fingerprint density at radius 2 is 1.77 bits per heavy atom. The smallest absolute Gasteiger partial charge is 0.231 e. The second kappa shape index (κ2) is 11.5. The minimum Gasteiger partial charge on any atom is -0.454 e. The molecule has 0 saturated carbocycles. The molecule has 0 spiro atoms. The first-order valence-electron chi connectivity index (χ1n) is 9.40. The molecule has 3 rings (SSSR count). The number of nitrogens with one attached hydrogen (secondary N) is 2. The van der Waals surface area contributed by atoms with E-state index >= 15 is 0 Å². The summed E-state index contributed by atoms with van der Waals surface area (Å²) in [6.07, 6.45) is 6.36. The molecule has 6 nitrogen and oxygen atoms in total. The molecule has 2 heterocycles. The Balaban J connectivity index is 0.00000243. The highest BCUT2D eigenvalue weighted by atomic mass is 127. The van der Waals surface area contributed by atoms with Crippen LogP contribution in [0.2, 0.25) is 0 Å². The van der Waals surface area contributed by atoms with Crippen LogP contribution in [0.25, 0.3) is 0 Å². The lowest BCUT2D eigenvalue weighted by atomic mass is 10.1. The fraction of sp³-hybridized carbons (Fsp3) is 0.632. The van der Waals surface area contributed by atoms with Crippen LogP contribution in [-0.2, 0) is 6.42 Å². The Hall–Kier alpha value is -1.22. The van der Waals surface area contributed by atoms with Gasteiger partial charge < -0.3 is 25.0 Å². The van der Waals surface area contributed by atoms with E-state index in [9.17, 15) is 0 Å². The number of hydrogen-bond donors (Lipinski definition) is 2. The molecule has 0 aliphatic carbocycles. The van der Waals surface area contributed by atoms with Gasteiger partial charge in [0.2, 0.25) is 6.79 Å². The number of rotatable bonds is 6. The Morgan fingerprint density at radius 1 is 1.04 bits per heavy atom. The number of halogens is 1. The monoisotopic (exact) mass is 474 g/mol. The molecule has 146 valence electrons. The van der Waals surface area contributed by atoms with Gasteiger partial charge in [-0.15, -0.1) is 24.0 Å². The summed E-state index contributed by atoms with van der Waals surface area (Å²) in [7, 11) is 1.82. The second-order valence-corrected chi connectivity index (χ2v) is 6.62.